The number of carbonyl (C=O) groups excluding carboxylic acids is 1. The van der Waals surface area contributed by atoms with Gasteiger partial charge in [0.15, 0.2) is 0 Å². The molecule has 0 aromatic rings. The topological polar surface area (TPSA) is 26.3 Å². The number of rotatable bonds is 14. The second-order valence-electron chi connectivity index (χ2n) is 7.81. The molecule has 0 N–H and O–H groups in total. The Morgan fingerprint density at radius 3 is 1.77 bits per heavy atom. The molecule has 132 valence electrons. The van der Waals surface area contributed by atoms with Gasteiger partial charge in [-0.25, -0.2) is 0 Å². The lowest BCUT2D eigenvalue weighted by Gasteiger charge is -2.23. The lowest BCUT2D eigenvalue weighted by atomic mass is 9.87. The van der Waals surface area contributed by atoms with Crippen LogP contribution in [-0.4, -0.2) is 12.6 Å². The Morgan fingerprint density at radius 1 is 0.864 bits per heavy atom. The van der Waals surface area contributed by atoms with Crippen LogP contribution in [-0.2, 0) is 9.53 Å². The molecule has 0 spiro atoms. The third-order valence-electron chi connectivity index (χ3n) is 4.26. The summed E-state index contributed by atoms with van der Waals surface area (Å²) in [6.07, 6.45) is 14.3. The molecule has 0 bridgehead atoms. The maximum absolute atomic E-state index is 12.0. The molecule has 0 amide bonds. The quantitative estimate of drug-likeness (QED) is 0.269. The van der Waals surface area contributed by atoms with Crippen LogP contribution >= 0.6 is 0 Å². The summed E-state index contributed by atoms with van der Waals surface area (Å²) in [6.45, 7) is 11.0. The Bertz CT molecular complexity index is 269. The zero-order chi connectivity index (χ0) is 16.8. The fourth-order valence-corrected chi connectivity index (χ4v) is 2.59. The number of hydrogen-bond donors (Lipinski definition) is 0. The summed E-state index contributed by atoms with van der Waals surface area (Å²) in [5, 5.41) is 0. The molecule has 0 fully saturated rings. The Hall–Kier alpha value is -0.530. The van der Waals surface area contributed by atoms with Crippen molar-refractivity contribution in [2.24, 2.45) is 11.3 Å². The monoisotopic (exact) mass is 312 g/mol. The van der Waals surface area contributed by atoms with Crippen molar-refractivity contribution in [3.05, 3.63) is 0 Å². The van der Waals surface area contributed by atoms with Gasteiger partial charge in [0.05, 0.1) is 12.0 Å². The zero-order valence-electron chi connectivity index (χ0n) is 15.9. The van der Waals surface area contributed by atoms with Gasteiger partial charge >= 0.3 is 5.97 Å². The number of ether oxygens (including phenoxy) is 1. The van der Waals surface area contributed by atoms with Gasteiger partial charge in [0.1, 0.15) is 0 Å². The maximum atomic E-state index is 12.0. The van der Waals surface area contributed by atoms with Gasteiger partial charge in [-0.15, -0.1) is 0 Å². The van der Waals surface area contributed by atoms with Crippen molar-refractivity contribution in [2.75, 3.05) is 6.61 Å². The highest BCUT2D eigenvalue weighted by Gasteiger charge is 2.28. The molecule has 2 nitrogen and oxygen atoms in total. The normalized spacial score (nSPS) is 11.9. The average molecular weight is 313 g/mol. The van der Waals surface area contributed by atoms with E-state index in [9.17, 15) is 4.79 Å². The summed E-state index contributed by atoms with van der Waals surface area (Å²) in [4.78, 5) is 12.0. The minimum Gasteiger partial charge on any atom is -0.465 e. The van der Waals surface area contributed by atoms with Gasteiger partial charge in [-0.3, -0.25) is 4.79 Å². The van der Waals surface area contributed by atoms with E-state index in [0.717, 1.165) is 12.8 Å². The second-order valence-corrected chi connectivity index (χ2v) is 7.81. The van der Waals surface area contributed by atoms with Crippen molar-refractivity contribution in [3.63, 3.8) is 0 Å². The molecule has 0 atom stereocenters. The van der Waals surface area contributed by atoms with Crippen molar-refractivity contribution in [2.45, 2.75) is 105 Å². The second kappa shape index (κ2) is 13.0. The summed E-state index contributed by atoms with van der Waals surface area (Å²) in [5.74, 6) is 0.384. The highest BCUT2D eigenvalue weighted by atomic mass is 16.5. The van der Waals surface area contributed by atoms with Crippen LogP contribution in [0.15, 0.2) is 0 Å². The van der Waals surface area contributed by atoms with Crippen LogP contribution in [0.4, 0.5) is 0 Å². The summed E-state index contributed by atoms with van der Waals surface area (Å²) >= 11 is 0. The minimum atomic E-state index is -0.324. The van der Waals surface area contributed by atoms with Gasteiger partial charge in [0, 0.05) is 0 Å². The van der Waals surface area contributed by atoms with Crippen LogP contribution < -0.4 is 0 Å². The van der Waals surface area contributed by atoms with Gasteiger partial charge in [-0.2, -0.15) is 0 Å². The van der Waals surface area contributed by atoms with E-state index in [0.29, 0.717) is 12.5 Å². The highest BCUT2D eigenvalue weighted by molar-refractivity contribution is 5.75. The van der Waals surface area contributed by atoms with Crippen molar-refractivity contribution >= 4 is 5.97 Å². The number of hydrogen-bond acceptors (Lipinski definition) is 2. The van der Waals surface area contributed by atoms with Crippen molar-refractivity contribution in [3.8, 4) is 0 Å². The Morgan fingerprint density at radius 2 is 1.32 bits per heavy atom. The molecule has 0 saturated carbocycles. The van der Waals surface area contributed by atoms with Gasteiger partial charge in [0.25, 0.3) is 0 Å². The van der Waals surface area contributed by atoms with Crippen molar-refractivity contribution < 1.29 is 9.53 Å². The molecular weight excluding hydrogens is 272 g/mol. The Kier molecular flexibility index (Phi) is 12.6. The van der Waals surface area contributed by atoms with Crippen LogP contribution in [0.1, 0.15) is 105 Å². The van der Waals surface area contributed by atoms with E-state index < -0.39 is 0 Å². The Labute approximate surface area is 139 Å². The third-order valence-corrected chi connectivity index (χ3v) is 4.26. The third kappa shape index (κ3) is 12.1. The van der Waals surface area contributed by atoms with Crippen molar-refractivity contribution in [1.82, 2.24) is 0 Å². The van der Waals surface area contributed by atoms with E-state index in [1.54, 1.807) is 0 Å². The van der Waals surface area contributed by atoms with Crippen molar-refractivity contribution in [1.29, 1.82) is 0 Å². The minimum absolute atomic E-state index is 0.0304. The molecule has 0 unspecified atom stereocenters. The molecule has 0 radical (unpaired) electrons. The van der Waals surface area contributed by atoms with E-state index in [1.165, 1.54) is 57.8 Å². The first-order valence-electron chi connectivity index (χ1n) is 9.57. The van der Waals surface area contributed by atoms with Gasteiger partial charge in [-0.1, -0.05) is 85.0 Å². The molecule has 0 aromatic heterocycles. The molecular formula is C20H40O2. The van der Waals surface area contributed by atoms with Crippen LogP contribution in [0.3, 0.4) is 0 Å². The van der Waals surface area contributed by atoms with Gasteiger partial charge in [-0.05, 0) is 26.2 Å². The van der Waals surface area contributed by atoms with Crippen LogP contribution in [0, 0.1) is 11.3 Å². The standard InChI is InChI=1S/C20H40O2/c1-6-7-8-9-10-11-12-13-14-15-16-20(4,5)19(21)22-17-18(2)3/h18H,6-17H2,1-5H3. The zero-order valence-corrected chi connectivity index (χ0v) is 15.9. The Balaban J connectivity index is 3.54. The summed E-state index contributed by atoms with van der Waals surface area (Å²) in [6, 6.07) is 0. The molecule has 0 aromatic carbocycles. The molecule has 22 heavy (non-hydrogen) atoms. The molecule has 0 aliphatic carbocycles. The molecule has 0 aliphatic rings. The fraction of sp³-hybridized carbons (Fsp3) is 0.950. The van der Waals surface area contributed by atoms with Crippen LogP contribution in [0.5, 0.6) is 0 Å². The molecule has 0 aliphatic heterocycles. The molecule has 0 saturated heterocycles. The first-order chi connectivity index (χ1) is 10.4. The first-order valence-corrected chi connectivity index (χ1v) is 9.57. The smallest absolute Gasteiger partial charge is 0.311 e. The summed E-state index contributed by atoms with van der Waals surface area (Å²) in [7, 11) is 0. The lowest BCUT2D eigenvalue weighted by Crippen LogP contribution is -2.27. The van der Waals surface area contributed by atoms with Gasteiger partial charge in [0.2, 0.25) is 0 Å². The number of esters is 1. The number of carbonyl (C=O) groups is 1. The van der Waals surface area contributed by atoms with E-state index in [-0.39, 0.29) is 11.4 Å². The highest BCUT2D eigenvalue weighted by Crippen LogP contribution is 2.26. The largest absolute Gasteiger partial charge is 0.465 e. The van der Waals surface area contributed by atoms with E-state index in [2.05, 4.69) is 20.8 Å². The predicted octanol–water partition coefficient (Wildman–Crippen LogP) is 6.52. The maximum Gasteiger partial charge on any atom is 0.311 e. The number of unbranched alkanes of at least 4 members (excludes halogenated alkanes) is 9. The first kappa shape index (κ1) is 21.5. The van der Waals surface area contributed by atoms with E-state index in [1.807, 2.05) is 13.8 Å². The van der Waals surface area contributed by atoms with Gasteiger partial charge < -0.3 is 4.74 Å². The van der Waals surface area contributed by atoms with Crippen LogP contribution in [0.25, 0.3) is 0 Å². The van der Waals surface area contributed by atoms with E-state index in [4.69, 9.17) is 4.74 Å². The summed E-state index contributed by atoms with van der Waals surface area (Å²) in [5.41, 5.74) is -0.324. The summed E-state index contributed by atoms with van der Waals surface area (Å²) < 4.78 is 5.37. The predicted molar refractivity (Wildman–Crippen MR) is 96.0 cm³/mol. The van der Waals surface area contributed by atoms with Crippen LogP contribution in [0.2, 0.25) is 0 Å². The average Bonchev–Trinajstić information content (AvgIpc) is 2.46. The molecule has 0 rings (SSSR count). The lowest BCUT2D eigenvalue weighted by molar-refractivity contribution is -0.155. The fourth-order valence-electron chi connectivity index (χ4n) is 2.59. The molecule has 2 heteroatoms. The molecule has 0 heterocycles. The van der Waals surface area contributed by atoms with E-state index >= 15 is 0 Å². The SMILES string of the molecule is CCCCCCCCCCCCC(C)(C)C(=O)OCC(C)C.